The SMILES string of the molecule is Cc1nc(CNC2CCCC(NC(=O)OC(C)(C)C)C2)no1. The molecule has 1 saturated carbocycles. The van der Waals surface area contributed by atoms with Gasteiger partial charge in [-0.2, -0.15) is 4.98 Å². The molecule has 7 nitrogen and oxygen atoms in total. The predicted molar refractivity (Wildman–Crippen MR) is 81.3 cm³/mol. The van der Waals surface area contributed by atoms with Gasteiger partial charge in [-0.1, -0.05) is 5.16 Å². The molecule has 2 rings (SSSR count). The summed E-state index contributed by atoms with van der Waals surface area (Å²) >= 11 is 0. The van der Waals surface area contributed by atoms with Crippen molar-refractivity contribution in [3.05, 3.63) is 11.7 Å². The summed E-state index contributed by atoms with van der Waals surface area (Å²) in [4.78, 5) is 16.0. The average Bonchev–Trinajstić information content (AvgIpc) is 2.80. The molecule has 2 N–H and O–H groups in total. The van der Waals surface area contributed by atoms with Gasteiger partial charge < -0.3 is 19.9 Å². The van der Waals surface area contributed by atoms with Crippen LogP contribution >= 0.6 is 0 Å². The van der Waals surface area contributed by atoms with Crippen LogP contribution in [0.15, 0.2) is 4.52 Å². The number of carbonyl (C=O) groups excluding carboxylic acids is 1. The Morgan fingerprint density at radius 3 is 2.73 bits per heavy atom. The number of amides is 1. The number of alkyl carbamates (subject to hydrolysis) is 1. The summed E-state index contributed by atoms with van der Waals surface area (Å²) in [6, 6.07) is 0.487. The van der Waals surface area contributed by atoms with E-state index in [1.165, 1.54) is 0 Å². The highest BCUT2D eigenvalue weighted by molar-refractivity contribution is 5.68. The number of aryl methyl sites for hydroxylation is 1. The molecule has 1 aromatic rings. The molecule has 1 amide bonds. The first kappa shape index (κ1) is 16.7. The summed E-state index contributed by atoms with van der Waals surface area (Å²) in [6.45, 7) is 7.96. The van der Waals surface area contributed by atoms with Crippen molar-refractivity contribution in [3.8, 4) is 0 Å². The second kappa shape index (κ2) is 7.09. The maximum Gasteiger partial charge on any atom is 0.407 e. The number of nitrogens with zero attached hydrogens (tertiary/aromatic N) is 2. The second-order valence-corrected chi connectivity index (χ2v) is 6.82. The summed E-state index contributed by atoms with van der Waals surface area (Å²) in [6.07, 6.45) is 3.69. The molecular weight excluding hydrogens is 284 g/mol. The van der Waals surface area contributed by atoms with E-state index in [2.05, 4.69) is 20.8 Å². The number of carbonyl (C=O) groups is 1. The highest BCUT2D eigenvalue weighted by Crippen LogP contribution is 2.19. The lowest BCUT2D eigenvalue weighted by atomic mass is 9.91. The van der Waals surface area contributed by atoms with Crippen molar-refractivity contribution in [3.63, 3.8) is 0 Å². The van der Waals surface area contributed by atoms with Gasteiger partial charge in [0, 0.05) is 19.0 Å². The molecule has 0 saturated heterocycles. The fourth-order valence-electron chi connectivity index (χ4n) is 2.63. The minimum atomic E-state index is -0.465. The van der Waals surface area contributed by atoms with Crippen molar-refractivity contribution >= 4 is 6.09 Å². The van der Waals surface area contributed by atoms with Crippen LogP contribution in [0.1, 0.15) is 58.2 Å². The predicted octanol–water partition coefficient (Wildman–Crippen LogP) is 2.30. The quantitative estimate of drug-likeness (QED) is 0.887. The molecule has 124 valence electrons. The number of nitrogens with one attached hydrogen (secondary N) is 2. The third kappa shape index (κ3) is 5.63. The average molecular weight is 310 g/mol. The second-order valence-electron chi connectivity index (χ2n) is 6.82. The van der Waals surface area contributed by atoms with Crippen molar-refractivity contribution in [1.29, 1.82) is 0 Å². The summed E-state index contributed by atoms with van der Waals surface area (Å²) in [5.74, 6) is 1.24. The molecule has 2 unspecified atom stereocenters. The Bertz CT molecular complexity index is 495. The molecule has 0 aromatic carbocycles. The number of hydrogen-bond acceptors (Lipinski definition) is 6. The van der Waals surface area contributed by atoms with Gasteiger partial charge in [-0.3, -0.25) is 0 Å². The number of hydrogen-bond donors (Lipinski definition) is 2. The molecule has 1 aliphatic rings. The van der Waals surface area contributed by atoms with E-state index in [0.717, 1.165) is 25.7 Å². The molecule has 2 atom stereocenters. The molecule has 1 fully saturated rings. The number of aromatic nitrogens is 2. The first-order chi connectivity index (χ1) is 10.3. The van der Waals surface area contributed by atoms with Crippen molar-refractivity contribution in [2.75, 3.05) is 0 Å². The van der Waals surface area contributed by atoms with Gasteiger partial charge in [0.2, 0.25) is 5.89 Å². The highest BCUT2D eigenvalue weighted by atomic mass is 16.6. The molecule has 0 spiro atoms. The van der Waals surface area contributed by atoms with Crippen LogP contribution in [0.3, 0.4) is 0 Å². The van der Waals surface area contributed by atoms with E-state index in [4.69, 9.17) is 9.26 Å². The van der Waals surface area contributed by atoms with Gasteiger partial charge >= 0.3 is 6.09 Å². The van der Waals surface area contributed by atoms with Gasteiger partial charge in [-0.15, -0.1) is 0 Å². The molecule has 0 radical (unpaired) electrons. The Morgan fingerprint density at radius 1 is 1.36 bits per heavy atom. The van der Waals surface area contributed by atoms with Crippen LogP contribution in [0.25, 0.3) is 0 Å². The minimum Gasteiger partial charge on any atom is -0.444 e. The van der Waals surface area contributed by atoms with E-state index in [9.17, 15) is 4.79 Å². The van der Waals surface area contributed by atoms with Crippen molar-refractivity contribution in [2.45, 2.75) is 77.6 Å². The van der Waals surface area contributed by atoms with Crippen LogP contribution in [0.4, 0.5) is 4.79 Å². The first-order valence-corrected chi connectivity index (χ1v) is 7.84. The maximum atomic E-state index is 11.8. The Balaban J connectivity index is 1.75. The van der Waals surface area contributed by atoms with E-state index in [-0.39, 0.29) is 12.1 Å². The van der Waals surface area contributed by atoms with Crippen LogP contribution in [0.2, 0.25) is 0 Å². The fourth-order valence-corrected chi connectivity index (χ4v) is 2.63. The van der Waals surface area contributed by atoms with Crippen LogP contribution in [-0.2, 0) is 11.3 Å². The lowest BCUT2D eigenvalue weighted by Crippen LogP contribution is -2.45. The van der Waals surface area contributed by atoms with Gasteiger partial charge in [0.1, 0.15) is 5.60 Å². The Kier molecular flexibility index (Phi) is 5.39. The monoisotopic (exact) mass is 310 g/mol. The zero-order chi connectivity index (χ0) is 16.2. The van der Waals surface area contributed by atoms with Crippen LogP contribution < -0.4 is 10.6 Å². The van der Waals surface area contributed by atoms with Crippen molar-refractivity contribution in [2.24, 2.45) is 0 Å². The first-order valence-electron chi connectivity index (χ1n) is 7.84. The zero-order valence-corrected chi connectivity index (χ0v) is 13.8. The van der Waals surface area contributed by atoms with Gasteiger partial charge in [-0.05, 0) is 46.5 Å². The van der Waals surface area contributed by atoms with Gasteiger partial charge in [0.05, 0.1) is 6.54 Å². The Labute approximate surface area is 131 Å². The van der Waals surface area contributed by atoms with Gasteiger partial charge in [-0.25, -0.2) is 4.79 Å². The molecule has 1 aliphatic carbocycles. The van der Waals surface area contributed by atoms with Crippen molar-refractivity contribution < 1.29 is 14.1 Å². The summed E-state index contributed by atoms with van der Waals surface area (Å²) in [7, 11) is 0. The lowest BCUT2D eigenvalue weighted by Gasteiger charge is -2.31. The van der Waals surface area contributed by atoms with Crippen LogP contribution in [0, 0.1) is 6.92 Å². The number of rotatable bonds is 4. The topological polar surface area (TPSA) is 89.3 Å². The summed E-state index contributed by atoms with van der Waals surface area (Å²) < 4.78 is 10.3. The fraction of sp³-hybridized carbons (Fsp3) is 0.800. The molecule has 1 aromatic heterocycles. The molecule has 1 heterocycles. The van der Waals surface area contributed by atoms with Gasteiger partial charge in [0.25, 0.3) is 0 Å². The Morgan fingerprint density at radius 2 is 2.09 bits per heavy atom. The largest absolute Gasteiger partial charge is 0.444 e. The van der Waals surface area contributed by atoms with Crippen LogP contribution in [0.5, 0.6) is 0 Å². The maximum absolute atomic E-state index is 11.8. The smallest absolute Gasteiger partial charge is 0.407 e. The summed E-state index contributed by atoms with van der Waals surface area (Å²) in [5.41, 5.74) is -0.465. The molecular formula is C15H26N4O3. The van der Waals surface area contributed by atoms with E-state index in [1.54, 1.807) is 6.92 Å². The standard InChI is InChI=1S/C15H26N4O3/c1-10-17-13(19-22-10)9-16-11-6-5-7-12(8-11)18-14(20)21-15(2,3)4/h11-12,16H,5-9H2,1-4H3,(H,18,20). The van der Waals surface area contributed by atoms with Gasteiger partial charge in [0.15, 0.2) is 5.82 Å². The normalized spacial score (nSPS) is 22.4. The molecule has 0 bridgehead atoms. The minimum absolute atomic E-state index is 0.146. The molecule has 7 heteroatoms. The molecule has 22 heavy (non-hydrogen) atoms. The van der Waals surface area contributed by atoms with Crippen molar-refractivity contribution in [1.82, 2.24) is 20.8 Å². The highest BCUT2D eigenvalue weighted by Gasteiger charge is 2.25. The Hall–Kier alpha value is -1.63. The summed E-state index contributed by atoms with van der Waals surface area (Å²) in [5, 5.41) is 10.3. The lowest BCUT2D eigenvalue weighted by molar-refractivity contribution is 0.0488. The molecule has 0 aliphatic heterocycles. The van der Waals surface area contributed by atoms with E-state index >= 15 is 0 Å². The van der Waals surface area contributed by atoms with E-state index < -0.39 is 5.60 Å². The van der Waals surface area contributed by atoms with E-state index in [0.29, 0.717) is 24.3 Å². The number of ether oxygens (including phenoxy) is 1. The van der Waals surface area contributed by atoms with E-state index in [1.807, 2.05) is 20.8 Å². The van der Waals surface area contributed by atoms with Crippen LogP contribution in [-0.4, -0.2) is 33.9 Å². The zero-order valence-electron chi connectivity index (χ0n) is 13.8. The third-order valence-corrected chi connectivity index (χ3v) is 3.51. The third-order valence-electron chi connectivity index (χ3n) is 3.51.